The molecule has 1 saturated carbocycles. The summed E-state index contributed by atoms with van der Waals surface area (Å²) in [6.45, 7) is 10.7. The Morgan fingerprint density at radius 2 is 1.87 bits per heavy atom. The highest BCUT2D eigenvalue weighted by Gasteiger charge is 2.52. The zero-order chi connectivity index (χ0) is 21.8. The first kappa shape index (κ1) is 21.2. The zero-order valence-corrected chi connectivity index (χ0v) is 19.7. The number of hydrogen-bond donors (Lipinski definition) is 1. The number of fused-ring (bicyclic) bond motifs is 3. The number of rotatable bonds is 3. The summed E-state index contributed by atoms with van der Waals surface area (Å²) >= 11 is 3.55. The van der Waals surface area contributed by atoms with Crippen LogP contribution in [0.15, 0.2) is 29.0 Å². The van der Waals surface area contributed by atoms with Crippen molar-refractivity contribution in [3.05, 3.63) is 34.8 Å². The summed E-state index contributed by atoms with van der Waals surface area (Å²) in [5, 5.41) is 3.21. The van der Waals surface area contributed by atoms with E-state index in [0.717, 1.165) is 22.2 Å². The largest absolute Gasteiger partial charge is 0.444 e. The highest BCUT2D eigenvalue weighted by molar-refractivity contribution is 9.10. The van der Waals surface area contributed by atoms with Crippen LogP contribution in [0.3, 0.4) is 0 Å². The molecule has 5 rings (SSSR count). The molecule has 2 amide bonds. The van der Waals surface area contributed by atoms with Crippen LogP contribution in [-0.4, -0.2) is 45.0 Å². The maximum atomic E-state index is 13.2. The van der Waals surface area contributed by atoms with Crippen LogP contribution in [-0.2, 0) is 15.1 Å². The monoisotopic (exact) mass is 476 g/mol. The number of aromatic nitrogens is 2. The molecule has 0 radical (unpaired) electrons. The quantitative estimate of drug-likeness (QED) is 0.727. The molecule has 0 spiro atoms. The minimum Gasteiger partial charge on any atom is -0.444 e. The summed E-state index contributed by atoms with van der Waals surface area (Å²) in [7, 11) is 0. The van der Waals surface area contributed by atoms with Crippen LogP contribution < -0.4 is 5.32 Å². The van der Waals surface area contributed by atoms with Crippen LogP contribution in [0, 0.1) is 17.8 Å². The van der Waals surface area contributed by atoms with Gasteiger partial charge in [0.1, 0.15) is 11.4 Å². The second-order valence-electron chi connectivity index (χ2n) is 9.97. The van der Waals surface area contributed by atoms with Gasteiger partial charge in [0.05, 0.1) is 17.3 Å². The maximum Gasteiger partial charge on any atom is 0.410 e. The molecule has 2 aromatic heterocycles. The van der Waals surface area contributed by atoms with Crippen molar-refractivity contribution in [2.75, 3.05) is 13.1 Å². The lowest BCUT2D eigenvalue weighted by Crippen LogP contribution is -2.62. The number of amides is 2. The Bertz CT molecular complexity index is 982. The number of ether oxygens (including phenoxy) is 1. The van der Waals surface area contributed by atoms with Crippen molar-refractivity contribution in [3.8, 4) is 0 Å². The first-order valence-electron chi connectivity index (χ1n) is 10.4. The Kier molecular flexibility index (Phi) is 5.11. The molecular weight excluding hydrogens is 448 g/mol. The van der Waals surface area contributed by atoms with E-state index in [4.69, 9.17) is 4.74 Å². The number of piperidine rings is 2. The summed E-state index contributed by atoms with van der Waals surface area (Å²) in [6.07, 6.45) is 4.46. The molecule has 1 aliphatic carbocycles. The van der Waals surface area contributed by atoms with Crippen molar-refractivity contribution in [2.45, 2.75) is 52.2 Å². The van der Waals surface area contributed by atoms with E-state index in [-0.39, 0.29) is 29.8 Å². The minimum absolute atomic E-state index is 0.0387. The van der Waals surface area contributed by atoms with Crippen LogP contribution in [0.4, 0.5) is 4.79 Å². The second-order valence-corrected chi connectivity index (χ2v) is 10.8. The van der Waals surface area contributed by atoms with E-state index in [1.807, 2.05) is 63.5 Å². The van der Waals surface area contributed by atoms with Crippen LogP contribution >= 0.6 is 15.9 Å². The third-order valence-corrected chi connectivity index (χ3v) is 6.67. The Morgan fingerprint density at radius 1 is 1.20 bits per heavy atom. The fourth-order valence-corrected chi connectivity index (χ4v) is 5.13. The highest BCUT2D eigenvalue weighted by atomic mass is 79.9. The molecule has 2 atom stereocenters. The molecule has 2 bridgehead atoms. The van der Waals surface area contributed by atoms with Gasteiger partial charge in [-0.3, -0.25) is 4.79 Å². The Balaban J connectivity index is 1.44. The topological polar surface area (TPSA) is 75.9 Å². The van der Waals surface area contributed by atoms with Crippen LogP contribution in [0.1, 0.15) is 46.9 Å². The van der Waals surface area contributed by atoms with E-state index in [1.54, 1.807) is 4.90 Å². The van der Waals surface area contributed by atoms with Gasteiger partial charge in [-0.2, -0.15) is 0 Å². The number of carbonyl (C=O) groups is 2. The predicted octanol–water partition coefficient (Wildman–Crippen LogP) is 3.95. The SMILES string of the molecule is CC(C)(C)OC(=O)N1CC2CC(C1)C2C(=O)NC(C)(C)c1ncc2c(Br)cccn12. The van der Waals surface area contributed by atoms with Gasteiger partial charge in [-0.15, -0.1) is 0 Å². The average Bonchev–Trinajstić information content (AvgIpc) is 3.06. The lowest BCUT2D eigenvalue weighted by atomic mass is 9.61. The van der Waals surface area contributed by atoms with Gasteiger partial charge < -0.3 is 19.4 Å². The van der Waals surface area contributed by atoms with Crippen molar-refractivity contribution in [1.82, 2.24) is 19.6 Å². The van der Waals surface area contributed by atoms with Gasteiger partial charge in [0.2, 0.25) is 5.91 Å². The molecule has 162 valence electrons. The van der Waals surface area contributed by atoms with Gasteiger partial charge >= 0.3 is 6.09 Å². The van der Waals surface area contributed by atoms with E-state index < -0.39 is 11.1 Å². The Labute approximate surface area is 185 Å². The highest BCUT2D eigenvalue weighted by Crippen LogP contribution is 2.46. The molecule has 3 aliphatic rings. The molecule has 2 aliphatic heterocycles. The molecule has 4 heterocycles. The molecular formula is C22H29BrN4O3. The van der Waals surface area contributed by atoms with Gasteiger partial charge in [0.25, 0.3) is 0 Å². The predicted molar refractivity (Wildman–Crippen MR) is 117 cm³/mol. The third kappa shape index (κ3) is 3.82. The Hall–Kier alpha value is -2.09. The van der Waals surface area contributed by atoms with Crippen LogP contribution in [0.25, 0.3) is 5.52 Å². The lowest BCUT2D eigenvalue weighted by Gasteiger charge is -2.52. The number of nitrogens with one attached hydrogen (secondary N) is 1. The van der Waals surface area contributed by atoms with Crippen molar-refractivity contribution in [1.29, 1.82) is 0 Å². The first-order chi connectivity index (χ1) is 14.0. The van der Waals surface area contributed by atoms with Crippen molar-refractivity contribution >= 4 is 33.4 Å². The number of hydrogen-bond acceptors (Lipinski definition) is 4. The molecule has 3 fully saturated rings. The van der Waals surface area contributed by atoms with Crippen molar-refractivity contribution in [3.63, 3.8) is 0 Å². The average molecular weight is 477 g/mol. The molecule has 30 heavy (non-hydrogen) atoms. The van der Waals surface area contributed by atoms with Crippen LogP contribution in [0.5, 0.6) is 0 Å². The standard InChI is InChI=1S/C22H29BrN4O3/c1-21(2,3)30-20(29)26-11-13-9-14(12-26)17(13)18(28)25-22(4,5)19-24-10-16-15(23)7-6-8-27(16)19/h6-8,10,13-14,17H,9,11-12H2,1-5H3,(H,25,28). The second kappa shape index (κ2) is 7.25. The number of carbonyl (C=O) groups excluding carboxylic acids is 2. The summed E-state index contributed by atoms with van der Waals surface area (Å²) in [4.78, 5) is 31.9. The van der Waals surface area contributed by atoms with Crippen LogP contribution in [0.2, 0.25) is 0 Å². The first-order valence-corrected chi connectivity index (χ1v) is 11.2. The fourth-order valence-electron chi connectivity index (χ4n) is 4.69. The molecule has 2 saturated heterocycles. The van der Waals surface area contributed by atoms with E-state index in [2.05, 4.69) is 26.2 Å². The maximum absolute atomic E-state index is 13.2. The van der Waals surface area contributed by atoms with Gasteiger partial charge in [0.15, 0.2) is 0 Å². The van der Waals surface area contributed by atoms with E-state index in [1.165, 1.54) is 0 Å². The number of pyridine rings is 1. The number of halogens is 1. The summed E-state index contributed by atoms with van der Waals surface area (Å²) in [6, 6.07) is 3.92. The minimum atomic E-state index is -0.626. The van der Waals surface area contributed by atoms with Gasteiger partial charge in [0, 0.05) is 29.7 Å². The smallest absolute Gasteiger partial charge is 0.410 e. The van der Waals surface area contributed by atoms with Gasteiger partial charge in [-0.25, -0.2) is 9.78 Å². The molecule has 7 nitrogen and oxygen atoms in total. The van der Waals surface area contributed by atoms with Gasteiger partial charge in [-0.1, -0.05) is 0 Å². The number of imidazole rings is 1. The lowest BCUT2D eigenvalue weighted by molar-refractivity contribution is -0.143. The summed E-state index contributed by atoms with van der Waals surface area (Å²) < 4.78 is 8.45. The summed E-state index contributed by atoms with van der Waals surface area (Å²) in [5.74, 6) is 1.11. The normalized spacial score (nSPS) is 23.8. The molecule has 2 aromatic rings. The van der Waals surface area contributed by atoms with Crippen molar-refractivity contribution in [2.24, 2.45) is 17.8 Å². The number of nitrogens with zero attached hydrogens (tertiary/aromatic N) is 3. The van der Waals surface area contributed by atoms with E-state index in [9.17, 15) is 9.59 Å². The molecule has 8 heteroatoms. The molecule has 2 unspecified atom stereocenters. The summed E-state index contributed by atoms with van der Waals surface area (Å²) in [5.41, 5.74) is -0.177. The molecule has 0 aromatic carbocycles. The zero-order valence-electron chi connectivity index (χ0n) is 18.1. The van der Waals surface area contributed by atoms with Gasteiger partial charge in [-0.05, 0) is 80.9 Å². The fraction of sp³-hybridized carbons (Fsp3) is 0.591. The molecule has 1 N–H and O–H groups in total. The van der Waals surface area contributed by atoms with E-state index >= 15 is 0 Å². The van der Waals surface area contributed by atoms with E-state index in [0.29, 0.717) is 13.1 Å². The Morgan fingerprint density at radius 3 is 2.50 bits per heavy atom. The third-order valence-electron chi connectivity index (χ3n) is 6.00. The van der Waals surface area contributed by atoms with Crippen molar-refractivity contribution < 1.29 is 14.3 Å².